The Balaban J connectivity index is 1.75. The highest BCUT2D eigenvalue weighted by atomic mass is 19.4. The molecule has 2 aliphatic carbocycles. The quantitative estimate of drug-likeness (QED) is 0.355. The van der Waals surface area contributed by atoms with Crippen LogP contribution in [0.5, 0.6) is 0 Å². The second-order valence-corrected chi connectivity index (χ2v) is 11.3. The number of hydrogen-bond donors (Lipinski definition) is 1. The standard InChI is InChI=1S/C30H30F5NO/c1-29(2)15-24-27(25(37)16-29)26(19-9-12-22(31)23(32)14-19)21(28(36-24)18-5-3-4-6-18)13-17-7-10-20(11-8-17)30(33,34)35/h7-12,14,18,25,37H,3-6,13,15-16H2,1-2H3/t25-/m0/s1. The summed E-state index contributed by atoms with van der Waals surface area (Å²) in [5.41, 5.74) is 3.84. The van der Waals surface area contributed by atoms with Crippen LogP contribution in [0.15, 0.2) is 42.5 Å². The van der Waals surface area contributed by atoms with Gasteiger partial charge in [0.15, 0.2) is 11.6 Å². The van der Waals surface area contributed by atoms with Crippen molar-refractivity contribution in [3.05, 3.63) is 87.7 Å². The number of rotatable bonds is 4. The number of pyridine rings is 1. The van der Waals surface area contributed by atoms with E-state index < -0.39 is 29.5 Å². The largest absolute Gasteiger partial charge is 0.416 e. The minimum Gasteiger partial charge on any atom is -0.388 e. The summed E-state index contributed by atoms with van der Waals surface area (Å²) in [7, 11) is 0. The van der Waals surface area contributed by atoms with Crippen molar-refractivity contribution in [3.63, 3.8) is 0 Å². The van der Waals surface area contributed by atoms with Crippen LogP contribution >= 0.6 is 0 Å². The average molecular weight is 516 g/mol. The number of benzene rings is 2. The molecule has 0 amide bonds. The molecule has 7 heteroatoms. The molecule has 0 unspecified atom stereocenters. The Hall–Kier alpha value is -2.80. The molecule has 3 aromatic rings. The number of hydrogen-bond acceptors (Lipinski definition) is 2. The predicted molar refractivity (Wildman–Crippen MR) is 132 cm³/mol. The highest BCUT2D eigenvalue weighted by Crippen LogP contribution is 2.48. The molecular formula is C30H30F5NO. The van der Waals surface area contributed by atoms with Crippen LogP contribution in [-0.2, 0) is 19.0 Å². The molecule has 0 bridgehead atoms. The summed E-state index contributed by atoms with van der Waals surface area (Å²) < 4.78 is 67.9. The van der Waals surface area contributed by atoms with Crippen molar-refractivity contribution in [2.45, 2.75) is 77.0 Å². The van der Waals surface area contributed by atoms with Crippen LogP contribution in [-0.4, -0.2) is 10.1 Å². The molecule has 0 saturated heterocycles. The summed E-state index contributed by atoms with van der Waals surface area (Å²) >= 11 is 0. The molecule has 1 saturated carbocycles. The van der Waals surface area contributed by atoms with E-state index in [-0.39, 0.29) is 17.8 Å². The summed E-state index contributed by atoms with van der Waals surface area (Å²) in [5, 5.41) is 11.3. The third kappa shape index (κ3) is 5.15. The summed E-state index contributed by atoms with van der Waals surface area (Å²) in [6, 6.07) is 8.76. The van der Waals surface area contributed by atoms with Gasteiger partial charge in [-0.15, -0.1) is 0 Å². The second-order valence-electron chi connectivity index (χ2n) is 11.3. The molecule has 0 aliphatic heterocycles. The highest BCUT2D eigenvalue weighted by molar-refractivity contribution is 5.74. The molecule has 5 rings (SSSR count). The molecule has 2 nitrogen and oxygen atoms in total. The van der Waals surface area contributed by atoms with Crippen molar-refractivity contribution in [2.24, 2.45) is 5.41 Å². The number of halogens is 5. The number of fused-ring (bicyclic) bond motifs is 1. The van der Waals surface area contributed by atoms with Crippen LogP contribution < -0.4 is 0 Å². The van der Waals surface area contributed by atoms with Gasteiger partial charge in [0.2, 0.25) is 0 Å². The van der Waals surface area contributed by atoms with Gasteiger partial charge >= 0.3 is 6.18 Å². The average Bonchev–Trinajstić information content (AvgIpc) is 3.35. The Kier molecular flexibility index (Phi) is 6.63. The van der Waals surface area contributed by atoms with Crippen LogP contribution in [0.4, 0.5) is 22.0 Å². The zero-order chi connectivity index (χ0) is 26.5. The van der Waals surface area contributed by atoms with E-state index in [0.29, 0.717) is 35.1 Å². The van der Waals surface area contributed by atoms with Gasteiger partial charge in [-0.1, -0.05) is 44.9 Å². The van der Waals surface area contributed by atoms with Gasteiger partial charge in [-0.25, -0.2) is 8.78 Å². The van der Waals surface area contributed by atoms with Gasteiger partial charge in [0.05, 0.1) is 11.7 Å². The Morgan fingerprint density at radius 1 is 0.973 bits per heavy atom. The highest BCUT2D eigenvalue weighted by Gasteiger charge is 2.37. The maximum Gasteiger partial charge on any atom is 0.416 e. The SMILES string of the molecule is CC1(C)Cc2nc(C3CCCC3)c(Cc3ccc(C(F)(F)F)cc3)c(-c3ccc(F)c(F)c3)c2[C@@H](O)C1. The fourth-order valence-corrected chi connectivity index (χ4v) is 6.07. The van der Waals surface area contributed by atoms with Gasteiger partial charge in [0.25, 0.3) is 0 Å². The van der Waals surface area contributed by atoms with Crippen LogP contribution in [0.1, 0.15) is 91.6 Å². The zero-order valence-corrected chi connectivity index (χ0v) is 20.9. The van der Waals surface area contributed by atoms with Crippen molar-refractivity contribution in [2.75, 3.05) is 0 Å². The molecular weight excluding hydrogens is 485 g/mol. The third-order valence-electron chi connectivity index (χ3n) is 7.78. The first-order chi connectivity index (χ1) is 17.4. The fraction of sp³-hybridized carbons (Fsp3) is 0.433. The van der Waals surface area contributed by atoms with Crippen LogP contribution in [0, 0.1) is 17.0 Å². The first-order valence-electron chi connectivity index (χ1n) is 12.8. The topological polar surface area (TPSA) is 33.1 Å². The van der Waals surface area contributed by atoms with E-state index >= 15 is 0 Å². The van der Waals surface area contributed by atoms with E-state index in [1.165, 1.54) is 18.2 Å². The Labute approximate surface area is 213 Å². The van der Waals surface area contributed by atoms with E-state index in [9.17, 15) is 27.1 Å². The molecule has 1 aromatic heterocycles. The summed E-state index contributed by atoms with van der Waals surface area (Å²) in [6.07, 6.45) is 0.0957. The minimum atomic E-state index is -4.44. The lowest BCUT2D eigenvalue weighted by Crippen LogP contribution is -2.28. The van der Waals surface area contributed by atoms with Gasteiger partial charge in [0, 0.05) is 22.9 Å². The summed E-state index contributed by atoms with van der Waals surface area (Å²) in [4.78, 5) is 5.11. The van der Waals surface area contributed by atoms with Crippen molar-refractivity contribution < 1.29 is 27.1 Å². The molecule has 2 aliphatic rings. The maximum atomic E-state index is 14.5. The molecule has 1 heterocycles. The molecule has 0 radical (unpaired) electrons. The van der Waals surface area contributed by atoms with Gasteiger partial charge < -0.3 is 5.11 Å². The lowest BCUT2D eigenvalue weighted by Gasteiger charge is -2.37. The Bertz CT molecular complexity index is 1310. The first-order valence-corrected chi connectivity index (χ1v) is 12.8. The van der Waals surface area contributed by atoms with Gasteiger partial charge in [-0.05, 0) is 84.0 Å². The number of aliphatic hydroxyl groups excluding tert-OH is 1. The van der Waals surface area contributed by atoms with Crippen molar-refractivity contribution in [3.8, 4) is 11.1 Å². The number of aromatic nitrogens is 1. The molecule has 37 heavy (non-hydrogen) atoms. The first kappa shape index (κ1) is 25.8. The van der Waals surface area contributed by atoms with Crippen molar-refractivity contribution >= 4 is 0 Å². The van der Waals surface area contributed by atoms with Gasteiger partial charge in [-0.3, -0.25) is 4.98 Å². The summed E-state index contributed by atoms with van der Waals surface area (Å²) in [5.74, 6) is -1.79. The number of alkyl halides is 3. The summed E-state index contributed by atoms with van der Waals surface area (Å²) in [6.45, 7) is 4.15. The van der Waals surface area contributed by atoms with Crippen LogP contribution in [0.25, 0.3) is 11.1 Å². The molecule has 1 atom stereocenters. The van der Waals surface area contributed by atoms with Crippen molar-refractivity contribution in [1.29, 1.82) is 0 Å². The minimum absolute atomic E-state index is 0.168. The second kappa shape index (κ2) is 9.50. The zero-order valence-electron chi connectivity index (χ0n) is 20.9. The normalized spacial score (nSPS) is 19.7. The van der Waals surface area contributed by atoms with E-state index in [1.54, 1.807) is 0 Å². The lowest BCUT2D eigenvalue weighted by molar-refractivity contribution is -0.137. The monoisotopic (exact) mass is 515 g/mol. The smallest absolute Gasteiger partial charge is 0.388 e. The number of aliphatic hydroxyl groups is 1. The van der Waals surface area contributed by atoms with Gasteiger partial charge in [-0.2, -0.15) is 13.2 Å². The van der Waals surface area contributed by atoms with E-state index in [1.807, 2.05) is 0 Å². The Morgan fingerprint density at radius 3 is 2.27 bits per heavy atom. The third-order valence-corrected chi connectivity index (χ3v) is 7.78. The predicted octanol–water partition coefficient (Wildman–Crippen LogP) is 8.30. The fourth-order valence-electron chi connectivity index (χ4n) is 6.07. The number of nitrogens with zero attached hydrogens (tertiary/aromatic N) is 1. The van der Waals surface area contributed by atoms with E-state index in [0.717, 1.165) is 66.9 Å². The Morgan fingerprint density at radius 2 is 1.65 bits per heavy atom. The molecule has 2 aromatic carbocycles. The van der Waals surface area contributed by atoms with Crippen LogP contribution in [0.2, 0.25) is 0 Å². The maximum absolute atomic E-state index is 14.5. The molecule has 0 spiro atoms. The van der Waals surface area contributed by atoms with Gasteiger partial charge in [0.1, 0.15) is 0 Å². The molecule has 1 N–H and O–H groups in total. The molecule has 1 fully saturated rings. The van der Waals surface area contributed by atoms with Crippen LogP contribution in [0.3, 0.4) is 0 Å². The van der Waals surface area contributed by atoms with E-state index in [2.05, 4.69) is 13.8 Å². The molecule has 196 valence electrons. The van der Waals surface area contributed by atoms with Crippen molar-refractivity contribution in [1.82, 2.24) is 4.98 Å². The van der Waals surface area contributed by atoms with E-state index in [4.69, 9.17) is 4.98 Å². The lowest BCUT2D eigenvalue weighted by atomic mass is 9.71.